The monoisotopic (exact) mass is 393 g/mol. The van der Waals surface area contributed by atoms with Crippen LogP contribution in [0.15, 0.2) is 53.3 Å². The van der Waals surface area contributed by atoms with Gasteiger partial charge in [0.05, 0.1) is 11.4 Å². The molecule has 152 valence electrons. The van der Waals surface area contributed by atoms with E-state index < -0.39 is 6.10 Å². The lowest BCUT2D eigenvalue weighted by Crippen LogP contribution is -2.34. The topological polar surface area (TPSA) is 65.3 Å². The van der Waals surface area contributed by atoms with Gasteiger partial charge in [-0.3, -0.25) is 14.3 Å². The van der Waals surface area contributed by atoms with Crippen LogP contribution in [0.5, 0.6) is 5.75 Å². The zero-order chi connectivity index (χ0) is 21.1. The van der Waals surface area contributed by atoms with E-state index in [0.717, 1.165) is 16.8 Å². The number of anilines is 1. The van der Waals surface area contributed by atoms with Crippen molar-refractivity contribution in [2.45, 2.75) is 40.2 Å². The number of hydrogen-bond acceptors (Lipinski definition) is 3. The van der Waals surface area contributed by atoms with E-state index in [2.05, 4.69) is 5.32 Å². The summed E-state index contributed by atoms with van der Waals surface area (Å²) in [7, 11) is 1.79. The second-order valence-electron chi connectivity index (χ2n) is 7.21. The molecule has 1 amide bonds. The van der Waals surface area contributed by atoms with Gasteiger partial charge in [0.2, 0.25) is 0 Å². The molecule has 0 aliphatic carbocycles. The Morgan fingerprint density at radius 3 is 2.41 bits per heavy atom. The van der Waals surface area contributed by atoms with Gasteiger partial charge in [-0.05, 0) is 51.0 Å². The maximum absolute atomic E-state index is 13.0. The van der Waals surface area contributed by atoms with Crippen molar-refractivity contribution in [3.05, 3.63) is 75.7 Å². The summed E-state index contributed by atoms with van der Waals surface area (Å²) in [5.74, 6) is 0.336. The lowest BCUT2D eigenvalue weighted by atomic mass is 10.1. The standard InChI is InChI=1S/C23H27N3O3/c1-6-19(29-20-13-12-15(2)14-16(20)3)22(27)24-21-17(4)25(5)26(23(21)28)18-10-8-7-9-11-18/h7-14,19H,6H2,1-5H3,(H,24,27)/t19-/m0/s1. The predicted molar refractivity (Wildman–Crippen MR) is 115 cm³/mol. The molecule has 0 saturated carbocycles. The van der Waals surface area contributed by atoms with Gasteiger partial charge in [-0.15, -0.1) is 0 Å². The molecule has 1 heterocycles. The highest BCUT2D eigenvalue weighted by molar-refractivity contribution is 5.94. The van der Waals surface area contributed by atoms with Crippen LogP contribution in [0.4, 0.5) is 5.69 Å². The summed E-state index contributed by atoms with van der Waals surface area (Å²) in [6.07, 6.45) is -0.210. The summed E-state index contributed by atoms with van der Waals surface area (Å²) in [5, 5.41) is 2.79. The molecule has 0 fully saturated rings. The van der Waals surface area contributed by atoms with Gasteiger partial charge >= 0.3 is 0 Å². The fourth-order valence-corrected chi connectivity index (χ4v) is 3.32. The first-order valence-corrected chi connectivity index (χ1v) is 9.72. The fourth-order valence-electron chi connectivity index (χ4n) is 3.32. The molecule has 0 aliphatic heterocycles. The van der Waals surface area contributed by atoms with Gasteiger partial charge in [-0.2, -0.15) is 0 Å². The average Bonchev–Trinajstić information content (AvgIpc) is 2.91. The zero-order valence-electron chi connectivity index (χ0n) is 17.5. The van der Waals surface area contributed by atoms with Gasteiger partial charge in [0.1, 0.15) is 11.4 Å². The van der Waals surface area contributed by atoms with E-state index in [1.165, 1.54) is 4.68 Å². The Balaban J connectivity index is 1.87. The Labute approximate surface area is 170 Å². The number of benzene rings is 2. The Bertz CT molecular complexity index is 1080. The summed E-state index contributed by atoms with van der Waals surface area (Å²) < 4.78 is 9.23. The van der Waals surface area contributed by atoms with Gasteiger partial charge in [0, 0.05) is 7.05 Å². The number of nitrogens with zero attached hydrogens (tertiary/aromatic N) is 2. The third kappa shape index (κ3) is 4.11. The first kappa shape index (κ1) is 20.5. The quantitative estimate of drug-likeness (QED) is 0.691. The molecule has 0 radical (unpaired) electrons. The number of hydrogen-bond donors (Lipinski definition) is 1. The number of rotatable bonds is 6. The highest BCUT2D eigenvalue weighted by atomic mass is 16.5. The van der Waals surface area contributed by atoms with Gasteiger partial charge in [-0.25, -0.2) is 4.68 Å². The predicted octanol–water partition coefficient (Wildman–Crippen LogP) is 3.90. The molecule has 3 rings (SSSR count). The summed E-state index contributed by atoms with van der Waals surface area (Å²) >= 11 is 0. The van der Waals surface area contributed by atoms with Crippen molar-refractivity contribution in [3.63, 3.8) is 0 Å². The van der Waals surface area contributed by atoms with Crippen molar-refractivity contribution in [3.8, 4) is 11.4 Å². The van der Waals surface area contributed by atoms with E-state index in [0.29, 0.717) is 17.9 Å². The van der Waals surface area contributed by atoms with Crippen LogP contribution in [-0.2, 0) is 11.8 Å². The van der Waals surface area contributed by atoms with Crippen LogP contribution in [0.2, 0.25) is 0 Å². The SMILES string of the molecule is CC[C@H](Oc1ccc(C)cc1C)C(=O)Nc1c(C)n(C)n(-c2ccccc2)c1=O. The highest BCUT2D eigenvalue weighted by Crippen LogP contribution is 2.22. The molecule has 0 aliphatic rings. The minimum Gasteiger partial charge on any atom is -0.480 e. The molecular formula is C23H27N3O3. The molecule has 0 unspecified atom stereocenters. The van der Waals surface area contributed by atoms with Crippen molar-refractivity contribution in [1.82, 2.24) is 9.36 Å². The smallest absolute Gasteiger partial charge is 0.295 e. The lowest BCUT2D eigenvalue weighted by molar-refractivity contribution is -0.122. The molecule has 1 aromatic heterocycles. The van der Waals surface area contributed by atoms with Gasteiger partial charge in [0.25, 0.3) is 11.5 Å². The van der Waals surface area contributed by atoms with E-state index in [1.807, 2.05) is 76.2 Å². The largest absolute Gasteiger partial charge is 0.480 e. The molecule has 6 nitrogen and oxygen atoms in total. The van der Waals surface area contributed by atoms with Crippen molar-refractivity contribution in [2.75, 3.05) is 5.32 Å². The number of aromatic nitrogens is 2. The molecule has 3 aromatic rings. The average molecular weight is 393 g/mol. The molecule has 29 heavy (non-hydrogen) atoms. The Morgan fingerprint density at radius 2 is 1.79 bits per heavy atom. The van der Waals surface area contributed by atoms with Crippen LogP contribution in [0, 0.1) is 20.8 Å². The van der Waals surface area contributed by atoms with Crippen molar-refractivity contribution in [1.29, 1.82) is 0 Å². The number of carbonyl (C=O) groups excluding carboxylic acids is 1. The van der Waals surface area contributed by atoms with E-state index in [9.17, 15) is 9.59 Å². The Kier molecular flexibility index (Phi) is 5.92. The number of ether oxygens (including phenoxy) is 1. The zero-order valence-corrected chi connectivity index (χ0v) is 17.5. The minimum absolute atomic E-state index is 0.268. The van der Waals surface area contributed by atoms with E-state index in [4.69, 9.17) is 4.74 Å². The Morgan fingerprint density at radius 1 is 1.10 bits per heavy atom. The second kappa shape index (κ2) is 8.39. The van der Waals surface area contributed by atoms with Crippen LogP contribution in [0.3, 0.4) is 0 Å². The van der Waals surface area contributed by atoms with E-state index in [1.54, 1.807) is 11.7 Å². The third-order valence-corrected chi connectivity index (χ3v) is 5.07. The third-order valence-electron chi connectivity index (χ3n) is 5.07. The van der Waals surface area contributed by atoms with Crippen molar-refractivity contribution < 1.29 is 9.53 Å². The van der Waals surface area contributed by atoms with Crippen LogP contribution < -0.4 is 15.6 Å². The summed E-state index contributed by atoms with van der Waals surface area (Å²) in [5.41, 5.74) is 3.51. The molecule has 6 heteroatoms. The first-order chi connectivity index (χ1) is 13.8. The number of carbonyl (C=O) groups is 1. The number of amides is 1. The fraction of sp³-hybridized carbons (Fsp3) is 0.304. The summed E-state index contributed by atoms with van der Waals surface area (Å²) in [6, 6.07) is 15.2. The van der Waals surface area contributed by atoms with Gasteiger partial charge in [-0.1, -0.05) is 42.8 Å². The lowest BCUT2D eigenvalue weighted by Gasteiger charge is -2.18. The molecule has 0 spiro atoms. The van der Waals surface area contributed by atoms with Gasteiger partial charge in [0.15, 0.2) is 6.10 Å². The maximum Gasteiger partial charge on any atom is 0.295 e. The molecule has 1 atom stereocenters. The van der Waals surface area contributed by atoms with E-state index in [-0.39, 0.29) is 17.2 Å². The van der Waals surface area contributed by atoms with Crippen molar-refractivity contribution >= 4 is 11.6 Å². The van der Waals surface area contributed by atoms with Crippen molar-refractivity contribution in [2.24, 2.45) is 7.05 Å². The van der Waals surface area contributed by atoms with Crippen LogP contribution in [-0.4, -0.2) is 21.4 Å². The van der Waals surface area contributed by atoms with Crippen LogP contribution in [0.25, 0.3) is 5.69 Å². The first-order valence-electron chi connectivity index (χ1n) is 9.72. The number of aryl methyl sites for hydroxylation is 2. The van der Waals surface area contributed by atoms with E-state index >= 15 is 0 Å². The number of para-hydroxylation sites is 1. The van der Waals surface area contributed by atoms with Crippen LogP contribution >= 0.6 is 0 Å². The second-order valence-corrected chi connectivity index (χ2v) is 7.21. The summed E-state index contributed by atoms with van der Waals surface area (Å²) in [4.78, 5) is 25.9. The minimum atomic E-state index is -0.694. The van der Waals surface area contributed by atoms with Gasteiger partial charge < -0.3 is 10.1 Å². The molecule has 0 bridgehead atoms. The van der Waals surface area contributed by atoms with Crippen LogP contribution in [0.1, 0.15) is 30.2 Å². The molecular weight excluding hydrogens is 366 g/mol. The molecule has 1 N–H and O–H groups in total. The molecule has 2 aromatic carbocycles. The highest BCUT2D eigenvalue weighted by Gasteiger charge is 2.24. The molecule has 0 saturated heterocycles. The summed E-state index contributed by atoms with van der Waals surface area (Å²) in [6.45, 7) is 7.65. The number of nitrogens with one attached hydrogen (secondary N) is 1. The maximum atomic E-state index is 13.0. The Hall–Kier alpha value is -3.28. The normalized spacial score (nSPS) is 11.9.